The lowest BCUT2D eigenvalue weighted by Crippen LogP contribution is -2.08. The van der Waals surface area contributed by atoms with Crippen LogP contribution in [0.15, 0.2) is 29.2 Å². The summed E-state index contributed by atoms with van der Waals surface area (Å²) in [7, 11) is 0. The van der Waals surface area contributed by atoms with E-state index < -0.39 is 0 Å². The summed E-state index contributed by atoms with van der Waals surface area (Å²) < 4.78 is 0. The van der Waals surface area contributed by atoms with Crippen LogP contribution in [0.2, 0.25) is 5.02 Å². The monoisotopic (exact) mass is 236 g/mol. The lowest BCUT2D eigenvalue weighted by atomic mass is 10.1. The van der Waals surface area contributed by atoms with E-state index in [1.54, 1.807) is 24.4 Å². The smallest absolute Gasteiger partial charge is 0.255 e. The van der Waals surface area contributed by atoms with Gasteiger partial charge in [0, 0.05) is 18.5 Å². The van der Waals surface area contributed by atoms with E-state index in [4.69, 9.17) is 11.6 Å². The molecule has 0 bridgehead atoms. The number of hydrogen-bond donors (Lipinski definition) is 2. The fourth-order valence-electron chi connectivity index (χ4n) is 1.49. The molecule has 16 heavy (non-hydrogen) atoms. The Hall–Kier alpha value is -1.81. The summed E-state index contributed by atoms with van der Waals surface area (Å²) in [5.74, 6) is -0.203. The van der Waals surface area contributed by atoms with Gasteiger partial charge in [-0.1, -0.05) is 11.6 Å². The normalized spacial score (nSPS) is 10.4. The summed E-state index contributed by atoms with van der Waals surface area (Å²) in [5.41, 5.74) is 0.307. The molecule has 1 aromatic heterocycles. The first-order valence-electron chi connectivity index (χ1n) is 4.66. The number of fused-ring (bicyclic) bond motifs is 1. The molecule has 5 heteroatoms. The molecule has 0 fully saturated rings. The maximum absolute atomic E-state index is 11.5. The zero-order valence-electron chi connectivity index (χ0n) is 8.50. The summed E-state index contributed by atoms with van der Waals surface area (Å²) in [6.07, 6.45) is 1.55. The molecule has 0 saturated heterocycles. The number of hydrogen-bond acceptors (Lipinski definition) is 2. The lowest BCUT2D eigenvalue weighted by molar-refractivity contribution is -0.114. The van der Waals surface area contributed by atoms with Gasteiger partial charge < -0.3 is 10.3 Å². The highest BCUT2D eigenvalue weighted by molar-refractivity contribution is 6.34. The topological polar surface area (TPSA) is 62.0 Å². The van der Waals surface area contributed by atoms with Crippen LogP contribution in [0, 0.1) is 0 Å². The predicted molar refractivity (Wildman–Crippen MR) is 63.9 cm³/mol. The average Bonchev–Trinajstić information content (AvgIpc) is 2.20. The Morgan fingerprint density at radius 2 is 2.19 bits per heavy atom. The molecule has 2 N–H and O–H groups in total. The van der Waals surface area contributed by atoms with E-state index in [1.807, 2.05) is 0 Å². The van der Waals surface area contributed by atoms with Crippen LogP contribution in [0.25, 0.3) is 10.8 Å². The second-order valence-electron chi connectivity index (χ2n) is 3.41. The van der Waals surface area contributed by atoms with Crippen LogP contribution in [-0.4, -0.2) is 10.9 Å². The number of aromatic nitrogens is 1. The van der Waals surface area contributed by atoms with Gasteiger partial charge in [-0.15, -0.1) is 0 Å². The fourth-order valence-corrected chi connectivity index (χ4v) is 1.71. The van der Waals surface area contributed by atoms with Crippen LogP contribution < -0.4 is 10.9 Å². The molecule has 82 valence electrons. The van der Waals surface area contributed by atoms with E-state index in [0.29, 0.717) is 16.1 Å². The first-order valence-corrected chi connectivity index (χ1v) is 5.04. The predicted octanol–water partition coefficient (Wildman–Crippen LogP) is 2.14. The number of benzene rings is 1. The van der Waals surface area contributed by atoms with Crippen molar-refractivity contribution in [3.8, 4) is 0 Å². The molecule has 2 rings (SSSR count). The molecule has 0 radical (unpaired) electrons. The minimum atomic E-state index is -0.203. The Morgan fingerprint density at radius 3 is 2.88 bits per heavy atom. The van der Waals surface area contributed by atoms with Crippen LogP contribution in [0.1, 0.15) is 6.92 Å². The third-order valence-corrected chi connectivity index (χ3v) is 2.48. The molecule has 0 aliphatic heterocycles. The van der Waals surface area contributed by atoms with E-state index in [0.717, 1.165) is 5.39 Å². The molecule has 0 atom stereocenters. The number of amides is 1. The molecular weight excluding hydrogens is 228 g/mol. The Labute approximate surface area is 96.2 Å². The second kappa shape index (κ2) is 3.98. The Balaban J connectivity index is 2.67. The molecule has 4 nitrogen and oxygen atoms in total. The molecule has 0 spiro atoms. The summed E-state index contributed by atoms with van der Waals surface area (Å²) in [6.45, 7) is 1.40. The zero-order valence-corrected chi connectivity index (χ0v) is 9.26. The molecule has 0 saturated carbocycles. The van der Waals surface area contributed by atoms with Gasteiger partial charge in [0.15, 0.2) is 0 Å². The molecule has 1 heterocycles. The van der Waals surface area contributed by atoms with Gasteiger partial charge in [0.05, 0.1) is 10.7 Å². The average molecular weight is 237 g/mol. The quantitative estimate of drug-likeness (QED) is 0.797. The standard InChI is InChI=1S/C11H9ClN2O2/c1-6(15)14-10-4-7-2-3-13-11(16)8(7)5-9(10)12/h2-5H,1H3,(H,13,16)(H,14,15). The summed E-state index contributed by atoms with van der Waals surface area (Å²) in [6, 6.07) is 4.97. The third-order valence-electron chi connectivity index (χ3n) is 2.17. The van der Waals surface area contributed by atoms with E-state index in [-0.39, 0.29) is 11.5 Å². The van der Waals surface area contributed by atoms with Crippen molar-refractivity contribution in [1.29, 1.82) is 0 Å². The summed E-state index contributed by atoms with van der Waals surface area (Å²) in [4.78, 5) is 25.0. The number of rotatable bonds is 1. The first-order chi connectivity index (χ1) is 7.58. The highest BCUT2D eigenvalue weighted by Gasteiger charge is 2.06. The summed E-state index contributed by atoms with van der Waals surface area (Å²) >= 11 is 5.95. The van der Waals surface area contributed by atoms with E-state index in [1.165, 1.54) is 6.92 Å². The van der Waals surface area contributed by atoms with E-state index in [2.05, 4.69) is 10.3 Å². The van der Waals surface area contributed by atoms with Crippen molar-refractivity contribution >= 4 is 34.0 Å². The molecule has 0 unspecified atom stereocenters. The highest BCUT2D eigenvalue weighted by atomic mass is 35.5. The van der Waals surface area contributed by atoms with Crippen LogP contribution >= 0.6 is 11.6 Å². The minimum Gasteiger partial charge on any atom is -0.329 e. The minimum absolute atomic E-state index is 0.200. The summed E-state index contributed by atoms with van der Waals surface area (Å²) in [5, 5.41) is 4.18. The van der Waals surface area contributed by atoms with Gasteiger partial charge in [-0.25, -0.2) is 0 Å². The van der Waals surface area contributed by atoms with Crippen molar-refractivity contribution in [1.82, 2.24) is 4.98 Å². The molecular formula is C11H9ClN2O2. The van der Waals surface area contributed by atoms with Crippen molar-refractivity contribution in [2.45, 2.75) is 6.92 Å². The highest BCUT2D eigenvalue weighted by Crippen LogP contribution is 2.26. The zero-order chi connectivity index (χ0) is 11.7. The number of halogens is 1. The third kappa shape index (κ3) is 1.92. The van der Waals surface area contributed by atoms with Gasteiger partial charge in [0.2, 0.25) is 5.91 Å². The van der Waals surface area contributed by atoms with Gasteiger partial charge >= 0.3 is 0 Å². The number of aromatic amines is 1. The van der Waals surface area contributed by atoms with Crippen LogP contribution in [0.3, 0.4) is 0 Å². The lowest BCUT2D eigenvalue weighted by Gasteiger charge is -2.06. The SMILES string of the molecule is CC(=O)Nc1cc2cc[nH]c(=O)c2cc1Cl. The number of nitrogens with one attached hydrogen (secondary N) is 2. The van der Waals surface area contributed by atoms with Crippen LogP contribution in [0.4, 0.5) is 5.69 Å². The first kappa shape index (κ1) is 10.7. The second-order valence-corrected chi connectivity index (χ2v) is 3.81. The Kier molecular flexibility index (Phi) is 2.66. The molecule has 0 aliphatic carbocycles. The van der Waals surface area contributed by atoms with Gasteiger partial charge in [0.1, 0.15) is 0 Å². The maximum Gasteiger partial charge on any atom is 0.255 e. The van der Waals surface area contributed by atoms with Crippen molar-refractivity contribution < 1.29 is 4.79 Å². The van der Waals surface area contributed by atoms with Gasteiger partial charge in [-0.05, 0) is 23.6 Å². The van der Waals surface area contributed by atoms with E-state index >= 15 is 0 Å². The molecule has 2 aromatic rings. The van der Waals surface area contributed by atoms with Gasteiger partial charge in [-0.3, -0.25) is 9.59 Å². The number of H-pyrrole nitrogens is 1. The van der Waals surface area contributed by atoms with Crippen LogP contribution in [-0.2, 0) is 4.79 Å². The molecule has 0 aliphatic rings. The number of carbonyl (C=O) groups excluding carboxylic acids is 1. The van der Waals surface area contributed by atoms with Crippen molar-refractivity contribution in [2.24, 2.45) is 0 Å². The fraction of sp³-hybridized carbons (Fsp3) is 0.0909. The van der Waals surface area contributed by atoms with Gasteiger partial charge in [-0.2, -0.15) is 0 Å². The van der Waals surface area contributed by atoms with Crippen LogP contribution in [0.5, 0.6) is 0 Å². The largest absolute Gasteiger partial charge is 0.329 e. The number of carbonyl (C=O) groups is 1. The Morgan fingerprint density at radius 1 is 1.44 bits per heavy atom. The van der Waals surface area contributed by atoms with Gasteiger partial charge in [0.25, 0.3) is 5.56 Å². The van der Waals surface area contributed by atoms with Crippen molar-refractivity contribution in [2.75, 3.05) is 5.32 Å². The Bertz CT molecular complexity index is 619. The van der Waals surface area contributed by atoms with Crippen molar-refractivity contribution in [3.05, 3.63) is 39.8 Å². The number of anilines is 1. The van der Waals surface area contributed by atoms with Crippen molar-refractivity contribution in [3.63, 3.8) is 0 Å². The molecule has 1 aromatic carbocycles. The molecule has 1 amide bonds. The maximum atomic E-state index is 11.5. The number of pyridine rings is 1. The van der Waals surface area contributed by atoms with E-state index in [9.17, 15) is 9.59 Å².